The van der Waals surface area contributed by atoms with Gasteiger partial charge in [-0.15, -0.1) is 24.0 Å². The lowest BCUT2D eigenvalue weighted by molar-refractivity contribution is 0.0342. The molecule has 0 saturated carbocycles. The molecule has 0 radical (unpaired) electrons. The number of ether oxygens (including phenoxy) is 1. The van der Waals surface area contributed by atoms with Gasteiger partial charge in [0.25, 0.3) is 0 Å². The largest absolute Gasteiger partial charge is 0.379 e. The highest BCUT2D eigenvalue weighted by Crippen LogP contribution is 2.11. The smallest absolute Gasteiger partial charge is 0.193 e. The van der Waals surface area contributed by atoms with Gasteiger partial charge in [0.05, 0.1) is 19.8 Å². The van der Waals surface area contributed by atoms with Crippen LogP contribution in [0.25, 0.3) is 0 Å². The van der Waals surface area contributed by atoms with Crippen molar-refractivity contribution < 1.29 is 4.74 Å². The Hall–Kier alpha value is -1.64. The van der Waals surface area contributed by atoms with E-state index in [1.807, 2.05) is 12.1 Å². The molecule has 146 valence electrons. The number of morpholine rings is 1. The molecule has 0 aromatic heterocycles. The molecule has 2 aromatic carbocycles. The van der Waals surface area contributed by atoms with Crippen LogP contribution < -0.4 is 11.1 Å². The molecule has 1 aliphatic rings. The van der Waals surface area contributed by atoms with E-state index in [2.05, 4.69) is 58.5 Å². The molecule has 0 bridgehead atoms. The third kappa shape index (κ3) is 7.12. The van der Waals surface area contributed by atoms with Gasteiger partial charge >= 0.3 is 0 Å². The van der Waals surface area contributed by atoms with Crippen molar-refractivity contribution in [1.82, 2.24) is 4.90 Å². The lowest BCUT2D eigenvalue weighted by atomic mass is 10.1. The second-order valence-corrected chi connectivity index (χ2v) is 6.58. The maximum absolute atomic E-state index is 6.00. The van der Waals surface area contributed by atoms with Crippen molar-refractivity contribution in [3.8, 4) is 0 Å². The van der Waals surface area contributed by atoms with Gasteiger partial charge in [0, 0.05) is 25.3 Å². The number of rotatable bonds is 6. The van der Waals surface area contributed by atoms with E-state index in [0.717, 1.165) is 50.5 Å². The van der Waals surface area contributed by atoms with Crippen LogP contribution in [0.5, 0.6) is 0 Å². The molecular formula is C21H29IN4O. The number of benzene rings is 2. The van der Waals surface area contributed by atoms with Crippen molar-refractivity contribution in [1.29, 1.82) is 0 Å². The van der Waals surface area contributed by atoms with Crippen LogP contribution in [0.1, 0.15) is 23.6 Å². The molecule has 3 rings (SSSR count). The van der Waals surface area contributed by atoms with Crippen LogP contribution >= 0.6 is 24.0 Å². The number of aryl methyl sites for hydroxylation is 1. The molecule has 0 atom stereocenters. The third-order valence-electron chi connectivity index (χ3n) is 4.60. The normalized spacial score (nSPS) is 15.2. The standard InChI is InChI=1S/C21H28N4O.HI/c1-2-17-7-9-20(10-8-17)24-21(22)23-15-18-3-5-19(6-4-18)16-25-11-13-26-14-12-25;/h3-10H,2,11-16H2,1H3,(H3,22,23,24);1H. The molecule has 6 heteroatoms. The molecule has 1 saturated heterocycles. The SMILES string of the molecule is CCc1ccc(NC(N)=NCc2ccc(CN3CCOCC3)cc2)cc1.I. The van der Waals surface area contributed by atoms with Crippen molar-refractivity contribution in [3.63, 3.8) is 0 Å². The minimum atomic E-state index is 0. The van der Waals surface area contributed by atoms with Crippen LogP contribution in [0.2, 0.25) is 0 Å². The predicted octanol–water partition coefficient (Wildman–Crippen LogP) is 3.63. The van der Waals surface area contributed by atoms with Gasteiger partial charge in [0.1, 0.15) is 0 Å². The first-order valence-electron chi connectivity index (χ1n) is 9.27. The number of hydrogen-bond donors (Lipinski definition) is 2. The fraction of sp³-hybridized carbons (Fsp3) is 0.381. The fourth-order valence-electron chi connectivity index (χ4n) is 2.96. The highest BCUT2D eigenvalue weighted by atomic mass is 127. The van der Waals surface area contributed by atoms with Crippen LogP contribution in [0.3, 0.4) is 0 Å². The molecule has 0 amide bonds. The van der Waals surface area contributed by atoms with Crippen molar-refractivity contribution in [2.45, 2.75) is 26.4 Å². The molecule has 0 spiro atoms. The van der Waals surface area contributed by atoms with E-state index in [-0.39, 0.29) is 24.0 Å². The average molecular weight is 480 g/mol. The summed E-state index contributed by atoms with van der Waals surface area (Å²) < 4.78 is 5.39. The Morgan fingerprint density at radius 2 is 1.59 bits per heavy atom. The van der Waals surface area contributed by atoms with E-state index in [9.17, 15) is 0 Å². The van der Waals surface area contributed by atoms with Gasteiger partial charge in [-0.2, -0.15) is 0 Å². The summed E-state index contributed by atoms with van der Waals surface area (Å²) in [7, 11) is 0. The van der Waals surface area contributed by atoms with Gasteiger partial charge < -0.3 is 15.8 Å². The average Bonchev–Trinajstić information content (AvgIpc) is 2.69. The molecule has 0 unspecified atom stereocenters. The van der Waals surface area contributed by atoms with Crippen molar-refractivity contribution in [2.24, 2.45) is 10.7 Å². The first-order valence-corrected chi connectivity index (χ1v) is 9.27. The van der Waals surface area contributed by atoms with E-state index < -0.39 is 0 Å². The van der Waals surface area contributed by atoms with E-state index in [4.69, 9.17) is 10.5 Å². The molecule has 5 nitrogen and oxygen atoms in total. The lowest BCUT2D eigenvalue weighted by Crippen LogP contribution is -2.35. The minimum Gasteiger partial charge on any atom is -0.379 e. The number of nitrogens with two attached hydrogens (primary N) is 1. The molecule has 0 aliphatic carbocycles. The summed E-state index contributed by atoms with van der Waals surface area (Å²) in [5, 5.41) is 3.14. The van der Waals surface area contributed by atoms with E-state index in [0.29, 0.717) is 12.5 Å². The van der Waals surface area contributed by atoms with E-state index >= 15 is 0 Å². The molecule has 27 heavy (non-hydrogen) atoms. The first kappa shape index (κ1) is 21.7. The van der Waals surface area contributed by atoms with Gasteiger partial charge in [-0.05, 0) is 35.2 Å². The summed E-state index contributed by atoms with van der Waals surface area (Å²) in [4.78, 5) is 6.85. The Labute approximate surface area is 179 Å². The number of nitrogens with one attached hydrogen (secondary N) is 1. The summed E-state index contributed by atoms with van der Waals surface area (Å²) in [6.07, 6.45) is 1.03. The quantitative estimate of drug-likeness (QED) is 0.377. The fourth-order valence-corrected chi connectivity index (χ4v) is 2.96. The Kier molecular flexibility index (Phi) is 9.03. The number of nitrogens with zero attached hydrogens (tertiary/aromatic N) is 2. The van der Waals surface area contributed by atoms with Gasteiger partial charge in [-0.3, -0.25) is 4.90 Å². The second kappa shape index (κ2) is 11.3. The second-order valence-electron chi connectivity index (χ2n) is 6.58. The monoisotopic (exact) mass is 480 g/mol. The highest BCUT2D eigenvalue weighted by molar-refractivity contribution is 14.0. The van der Waals surface area contributed by atoms with Crippen molar-refractivity contribution in [2.75, 3.05) is 31.6 Å². The Morgan fingerprint density at radius 3 is 2.22 bits per heavy atom. The third-order valence-corrected chi connectivity index (χ3v) is 4.60. The minimum absolute atomic E-state index is 0. The van der Waals surface area contributed by atoms with Crippen molar-refractivity contribution in [3.05, 3.63) is 65.2 Å². The van der Waals surface area contributed by atoms with Crippen molar-refractivity contribution >= 4 is 35.6 Å². The van der Waals surface area contributed by atoms with Gasteiger partial charge in [-0.25, -0.2) is 4.99 Å². The zero-order chi connectivity index (χ0) is 18.2. The van der Waals surface area contributed by atoms with Crippen LogP contribution in [0.4, 0.5) is 5.69 Å². The highest BCUT2D eigenvalue weighted by Gasteiger charge is 2.10. The maximum Gasteiger partial charge on any atom is 0.193 e. The zero-order valence-corrected chi connectivity index (χ0v) is 18.2. The first-order chi connectivity index (χ1) is 12.7. The van der Waals surface area contributed by atoms with Gasteiger partial charge in [0.15, 0.2) is 5.96 Å². The Balaban J connectivity index is 0.00000261. The molecular weight excluding hydrogens is 451 g/mol. The summed E-state index contributed by atoms with van der Waals surface area (Å²) in [6.45, 7) is 7.38. The Bertz CT molecular complexity index is 710. The van der Waals surface area contributed by atoms with Crippen LogP contribution in [-0.2, 0) is 24.2 Å². The van der Waals surface area contributed by atoms with Crippen LogP contribution in [0, 0.1) is 0 Å². The zero-order valence-electron chi connectivity index (χ0n) is 15.9. The number of halogens is 1. The number of guanidine groups is 1. The maximum atomic E-state index is 6.00. The molecule has 1 aliphatic heterocycles. The van der Waals surface area contributed by atoms with Crippen LogP contribution in [0.15, 0.2) is 53.5 Å². The summed E-state index contributed by atoms with van der Waals surface area (Å²) >= 11 is 0. The van der Waals surface area contributed by atoms with Gasteiger partial charge in [0.2, 0.25) is 0 Å². The summed E-state index contributed by atoms with van der Waals surface area (Å²) in [5.74, 6) is 0.437. The van der Waals surface area contributed by atoms with Gasteiger partial charge in [-0.1, -0.05) is 43.3 Å². The number of anilines is 1. The molecule has 3 N–H and O–H groups in total. The number of hydrogen-bond acceptors (Lipinski definition) is 3. The molecule has 1 heterocycles. The summed E-state index contributed by atoms with van der Waals surface area (Å²) in [5.41, 5.74) is 10.7. The number of aliphatic imine (C=N–C) groups is 1. The van der Waals surface area contributed by atoms with Crippen LogP contribution in [-0.4, -0.2) is 37.2 Å². The molecule has 2 aromatic rings. The van der Waals surface area contributed by atoms with E-state index in [1.54, 1.807) is 0 Å². The molecule has 1 fully saturated rings. The topological polar surface area (TPSA) is 62.9 Å². The Morgan fingerprint density at radius 1 is 1.00 bits per heavy atom. The lowest BCUT2D eigenvalue weighted by Gasteiger charge is -2.26. The predicted molar refractivity (Wildman–Crippen MR) is 123 cm³/mol. The summed E-state index contributed by atoms with van der Waals surface area (Å²) in [6, 6.07) is 16.9. The van der Waals surface area contributed by atoms with E-state index in [1.165, 1.54) is 11.1 Å².